The predicted molar refractivity (Wildman–Crippen MR) is 101 cm³/mol. The fourth-order valence-corrected chi connectivity index (χ4v) is 4.31. The van der Waals surface area contributed by atoms with Crippen LogP contribution in [0, 0.1) is 0 Å². The Morgan fingerprint density at radius 1 is 1.12 bits per heavy atom. The molecule has 1 aliphatic heterocycles. The largest absolute Gasteiger partial charge is 0.341 e. The summed E-state index contributed by atoms with van der Waals surface area (Å²) >= 11 is 0. The van der Waals surface area contributed by atoms with Crippen LogP contribution in [0.1, 0.15) is 29.5 Å². The number of pyridine rings is 1. The molecule has 130 valence electrons. The van der Waals surface area contributed by atoms with Gasteiger partial charge in [-0.2, -0.15) is 0 Å². The molecule has 2 aliphatic rings. The van der Waals surface area contributed by atoms with Gasteiger partial charge in [0.05, 0.1) is 0 Å². The smallest absolute Gasteiger partial charge is 0.255 e. The lowest BCUT2D eigenvalue weighted by atomic mass is 9.88. The highest BCUT2D eigenvalue weighted by molar-refractivity contribution is 7.95. The molecule has 0 bridgehead atoms. The Morgan fingerprint density at radius 2 is 1.92 bits per heavy atom. The number of nitrogens with zero attached hydrogens (tertiary/aromatic N) is 2. The zero-order valence-corrected chi connectivity index (χ0v) is 14.8. The maximum absolute atomic E-state index is 11.7. The topological polar surface area (TPSA) is 62.3 Å². The molecule has 0 fully saturated rings. The summed E-state index contributed by atoms with van der Waals surface area (Å²) in [4.78, 5) is 6.42. The van der Waals surface area contributed by atoms with E-state index in [-0.39, 0.29) is 0 Å². The van der Waals surface area contributed by atoms with Gasteiger partial charge in [0, 0.05) is 35.6 Å². The monoisotopic (exact) mass is 355 g/mol. The van der Waals surface area contributed by atoms with E-state index in [1.54, 1.807) is 12.3 Å². The minimum atomic E-state index is -3.55. The lowest BCUT2D eigenvalue weighted by molar-refractivity contribution is 0.609. The molecular formula is C19H21N3O2S. The van der Waals surface area contributed by atoms with Crippen LogP contribution >= 0.6 is 0 Å². The molecule has 1 aliphatic carbocycles. The Kier molecular flexibility index (Phi) is 4.00. The number of aryl methyl sites for hydroxylation is 1. The van der Waals surface area contributed by atoms with Crippen LogP contribution in [0.5, 0.6) is 0 Å². The number of hydrogen-bond acceptors (Lipinski definition) is 4. The van der Waals surface area contributed by atoms with Gasteiger partial charge >= 0.3 is 0 Å². The van der Waals surface area contributed by atoms with Gasteiger partial charge in [0.15, 0.2) is 0 Å². The summed E-state index contributed by atoms with van der Waals surface area (Å²) in [7, 11) is -3.55. The summed E-state index contributed by atoms with van der Waals surface area (Å²) in [6, 6.07) is 8.26. The van der Waals surface area contributed by atoms with Crippen molar-refractivity contribution < 1.29 is 8.42 Å². The number of sulfonamides is 1. The quantitative estimate of drug-likeness (QED) is 0.911. The van der Waals surface area contributed by atoms with Crippen LogP contribution in [-0.2, 0) is 29.3 Å². The van der Waals surface area contributed by atoms with Gasteiger partial charge in [-0.15, -0.1) is 0 Å². The normalized spacial score (nSPS) is 16.2. The first-order valence-corrected chi connectivity index (χ1v) is 10.1. The predicted octanol–water partition coefficient (Wildman–Crippen LogP) is 3.54. The average molecular weight is 355 g/mol. The molecule has 6 heteroatoms. The summed E-state index contributed by atoms with van der Waals surface area (Å²) in [5.74, 6) is 0.315. The molecular weight excluding hydrogens is 334 g/mol. The van der Waals surface area contributed by atoms with Crippen LogP contribution in [0.2, 0.25) is 0 Å². The number of aromatic nitrogens is 1. The molecule has 2 aromatic rings. The standard InChI is InChI=1S/C19H21N3O2S/c1-2-25(23,24)21-18-13-16(9-11-20-18)22-12-10-15-8-7-14-5-3-4-6-17(14)19(15)22/h2,7-9,11,13H,1,3-6,10,12H2,(H,20,21). The SMILES string of the molecule is C=CS(=O)(=O)Nc1cc(N2CCc3ccc4c(c32)CCCC4)ccn1. The molecule has 2 heterocycles. The van der Waals surface area contributed by atoms with Gasteiger partial charge in [0.2, 0.25) is 0 Å². The molecule has 0 saturated carbocycles. The third-order valence-corrected chi connectivity index (χ3v) is 5.91. The third kappa shape index (κ3) is 3.02. The van der Waals surface area contributed by atoms with E-state index in [1.807, 2.05) is 6.07 Å². The molecule has 4 rings (SSSR count). The molecule has 0 saturated heterocycles. The molecule has 1 aromatic carbocycles. The second-order valence-electron chi connectivity index (χ2n) is 6.53. The zero-order valence-electron chi connectivity index (χ0n) is 14.0. The minimum Gasteiger partial charge on any atom is -0.341 e. The molecule has 0 radical (unpaired) electrons. The Morgan fingerprint density at radius 3 is 2.76 bits per heavy atom. The highest BCUT2D eigenvalue weighted by atomic mass is 32.2. The van der Waals surface area contributed by atoms with Crippen LogP contribution < -0.4 is 9.62 Å². The third-order valence-electron chi connectivity index (χ3n) is 4.98. The maximum Gasteiger partial charge on any atom is 0.255 e. The van der Waals surface area contributed by atoms with Crippen LogP contribution in [0.3, 0.4) is 0 Å². The Hall–Kier alpha value is -2.34. The summed E-state index contributed by atoms with van der Waals surface area (Å²) in [6.45, 7) is 4.22. The van der Waals surface area contributed by atoms with E-state index in [4.69, 9.17) is 0 Å². The lowest BCUT2D eigenvalue weighted by Crippen LogP contribution is -2.17. The van der Waals surface area contributed by atoms with E-state index >= 15 is 0 Å². The number of fused-ring (bicyclic) bond motifs is 3. The van der Waals surface area contributed by atoms with E-state index in [1.165, 1.54) is 35.2 Å². The van der Waals surface area contributed by atoms with Crippen LogP contribution in [0.4, 0.5) is 17.2 Å². The molecule has 0 spiro atoms. The first kappa shape index (κ1) is 16.1. The van der Waals surface area contributed by atoms with Gasteiger partial charge in [-0.05, 0) is 54.9 Å². The number of benzene rings is 1. The molecule has 1 aromatic heterocycles. The zero-order chi connectivity index (χ0) is 17.4. The molecule has 0 amide bonds. The fraction of sp³-hybridized carbons (Fsp3) is 0.316. The van der Waals surface area contributed by atoms with Crippen LogP contribution in [0.15, 0.2) is 42.4 Å². The van der Waals surface area contributed by atoms with E-state index in [0.29, 0.717) is 5.82 Å². The van der Waals surface area contributed by atoms with Crippen molar-refractivity contribution in [1.82, 2.24) is 4.98 Å². The number of hydrogen-bond donors (Lipinski definition) is 1. The van der Waals surface area contributed by atoms with Crippen molar-refractivity contribution in [3.63, 3.8) is 0 Å². The molecule has 25 heavy (non-hydrogen) atoms. The van der Waals surface area contributed by atoms with E-state index in [2.05, 4.69) is 33.3 Å². The molecule has 1 N–H and O–H groups in total. The van der Waals surface area contributed by atoms with Gasteiger partial charge in [0.1, 0.15) is 5.82 Å². The van der Waals surface area contributed by atoms with Crippen LogP contribution in [0.25, 0.3) is 0 Å². The highest BCUT2D eigenvalue weighted by Gasteiger charge is 2.26. The van der Waals surface area contributed by atoms with Crippen molar-refractivity contribution in [2.24, 2.45) is 0 Å². The number of nitrogens with one attached hydrogen (secondary N) is 1. The number of rotatable bonds is 4. The van der Waals surface area contributed by atoms with Crippen molar-refractivity contribution in [2.45, 2.75) is 32.1 Å². The Balaban J connectivity index is 1.73. The van der Waals surface area contributed by atoms with Crippen molar-refractivity contribution >= 4 is 27.2 Å². The van der Waals surface area contributed by atoms with Gasteiger partial charge in [-0.25, -0.2) is 13.4 Å². The Bertz CT molecular complexity index is 938. The van der Waals surface area contributed by atoms with Gasteiger partial charge in [-0.3, -0.25) is 4.72 Å². The van der Waals surface area contributed by atoms with Crippen molar-refractivity contribution in [1.29, 1.82) is 0 Å². The molecule has 5 nitrogen and oxygen atoms in total. The fourth-order valence-electron chi connectivity index (χ4n) is 3.83. The average Bonchev–Trinajstić information content (AvgIpc) is 3.06. The van der Waals surface area contributed by atoms with Crippen molar-refractivity contribution in [3.05, 3.63) is 59.1 Å². The maximum atomic E-state index is 11.7. The van der Waals surface area contributed by atoms with Gasteiger partial charge in [-0.1, -0.05) is 18.7 Å². The Labute approximate surface area is 148 Å². The van der Waals surface area contributed by atoms with E-state index in [9.17, 15) is 8.42 Å². The second-order valence-corrected chi connectivity index (χ2v) is 8.16. The molecule has 0 atom stereocenters. The van der Waals surface area contributed by atoms with Gasteiger partial charge < -0.3 is 4.90 Å². The first-order chi connectivity index (χ1) is 12.1. The summed E-state index contributed by atoms with van der Waals surface area (Å²) in [5, 5.41) is 0.892. The first-order valence-electron chi connectivity index (χ1n) is 8.60. The van der Waals surface area contributed by atoms with Crippen LogP contribution in [-0.4, -0.2) is 19.9 Å². The summed E-state index contributed by atoms with van der Waals surface area (Å²) in [6.07, 6.45) is 7.42. The minimum absolute atomic E-state index is 0.315. The highest BCUT2D eigenvalue weighted by Crippen LogP contribution is 2.41. The van der Waals surface area contributed by atoms with E-state index < -0.39 is 10.0 Å². The molecule has 0 unspecified atom stereocenters. The van der Waals surface area contributed by atoms with Crippen molar-refractivity contribution in [2.75, 3.05) is 16.2 Å². The summed E-state index contributed by atoms with van der Waals surface area (Å²) < 4.78 is 25.9. The number of anilines is 3. The second kappa shape index (κ2) is 6.19. The lowest BCUT2D eigenvalue weighted by Gasteiger charge is -2.26. The van der Waals surface area contributed by atoms with Gasteiger partial charge in [0.25, 0.3) is 10.0 Å². The van der Waals surface area contributed by atoms with E-state index in [0.717, 1.165) is 36.9 Å². The summed E-state index contributed by atoms with van der Waals surface area (Å²) in [5.41, 5.74) is 6.59. The van der Waals surface area contributed by atoms with Crippen molar-refractivity contribution in [3.8, 4) is 0 Å².